The maximum atomic E-state index is 13.0. The van der Waals surface area contributed by atoms with E-state index in [4.69, 9.17) is 4.74 Å². The fraction of sp³-hybridized carbons (Fsp3) is 0.667. The third-order valence-corrected chi connectivity index (χ3v) is 8.06. The first-order valence-electron chi connectivity index (χ1n) is 10.6. The standard InChI is InChI=1S/C21H33N3O4S/c1-18(28-17-19-9-5-3-6-10-19)21(25)23-13-15-24(16-14-23)29(26,27)22(2)20-11-7-4-8-12-20/h3,5-6,9-10,18,20H,4,7-8,11-17H2,1-2H3/t18-/m0/s1. The van der Waals surface area contributed by atoms with Gasteiger partial charge in [-0.25, -0.2) is 0 Å². The Hall–Kier alpha value is -1.48. The normalized spacial score (nSPS) is 20.7. The fourth-order valence-corrected chi connectivity index (χ4v) is 5.65. The molecule has 1 aromatic carbocycles. The Morgan fingerprint density at radius 3 is 2.34 bits per heavy atom. The topological polar surface area (TPSA) is 70.2 Å². The summed E-state index contributed by atoms with van der Waals surface area (Å²) >= 11 is 0. The highest BCUT2D eigenvalue weighted by Crippen LogP contribution is 2.25. The highest BCUT2D eigenvalue weighted by Gasteiger charge is 2.36. The number of carbonyl (C=O) groups excluding carboxylic acids is 1. The lowest BCUT2D eigenvalue weighted by molar-refractivity contribution is -0.144. The molecule has 0 N–H and O–H groups in total. The van der Waals surface area contributed by atoms with E-state index in [-0.39, 0.29) is 11.9 Å². The third kappa shape index (κ3) is 5.57. The lowest BCUT2D eigenvalue weighted by Crippen LogP contribution is -2.56. The molecule has 29 heavy (non-hydrogen) atoms. The molecule has 1 saturated carbocycles. The predicted octanol–water partition coefficient (Wildman–Crippen LogP) is 2.25. The predicted molar refractivity (Wildman–Crippen MR) is 112 cm³/mol. The zero-order valence-electron chi connectivity index (χ0n) is 17.5. The van der Waals surface area contributed by atoms with Crippen molar-refractivity contribution in [2.45, 2.75) is 57.8 Å². The zero-order chi connectivity index (χ0) is 20.9. The number of carbonyl (C=O) groups is 1. The highest BCUT2D eigenvalue weighted by molar-refractivity contribution is 7.86. The minimum Gasteiger partial charge on any atom is -0.364 e. The average Bonchev–Trinajstić information content (AvgIpc) is 2.77. The van der Waals surface area contributed by atoms with Gasteiger partial charge in [0.05, 0.1) is 6.61 Å². The number of piperazine rings is 1. The summed E-state index contributed by atoms with van der Waals surface area (Å²) in [6, 6.07) is 9.84. The van der Waals surface area contributed by atoms with Crippen LogP contribution in [-0.2, 0) is 26.3 Å². The summed E-state index contributed by atoms with van der Waals surface area (Å²) in [7, 11) is -1.78. The molecule has 1 saturated heterocycles. The van der Waals surface area contributed by atoms with Crippen molar-refractivity contribution in [3.63, 3.8) is 0 Å². The van der Waals surface area contributed by atoms with E-state index in [0.29, 0.717) is 32.8 Å². The molecule has 8 heteroatoms. The lowest BCUT2D eigenvalue weighted by Gasteiger charge is -2.39. The van der Waals surface area contributed by atoms with Gasteiger partial charge in [-0.2, -0.15) is 17.0 Å². The Morgan fingerprint density at radius 2 is 1.72 bits per heavy atom. The van der Waals surface area contributed by atoms with Crippen LogP contribution in [0.5, 0.6) is 0 Å². The van der Waals surface area contributed by atoms with Crippen LogP contribution in [0.15, 0.2) is 30.3 Å². The van der Waals surface area contributed by atoms with E-state index in [1.165, 1.54) is 10.7 Å². The summed E-state index contributed by atoms with van der Waals surface area (Å²) in [5.74, 6) is -0.0846. The van der Waals surface area contributed by atoms with Gasteiger partial charge in [0.25, 0.3) is 16.1 Å². The molecule has 1 atom stereocenters. The molecule has 1 amide bonds. The van der Waals surface area contributed by atoms with Crippen molar-refractivity contribution in [1.29, 1.82) is 0 Å². The molecule has 0 spiro atoms. The van der Waals surface area contributed by atoms with Crippen LogP contribution in [0.1, 0.15) is 44.6 Å². The van der Waals surface area contributed by atoms with Crippen LogP contribution in [-0.4, -0.2) is 73.2 Å². The van der Waals surface area contributed by atoms with E-state index in [1.54, 1.807) is 23.2 Å². The van der Waals surface area contributed by atoms with E-state index in [1.807, 2.05) is 30.3 Å². The van der Waals surface area contributed by atoms with Crippen LogP contribution in [0.25, 0.3) is 0 Å². The van der Waals surface area contributed by atoms with Crippen LogP contribution >= 0.6 is 0 Å². The van der Waals surface area contributed by atoms with Gasteiger partial charge < -0.3 is 9.64 Å². The average molecular weight is 424 g/mol. The van der Waals surface area contributed by atoms with Crippen LogP contribution in [0.2, 0.25) is 0 Å². The van der Waals surface area contributed by atoms with E-state index < -0.39 is 16.3 Å². The van der Waals surface area contributed by atoms with E-state index in [9.17, 15) is 13.2 Å². The largest absolute Gasteiger partial charge is 0.364 e. The van der Waals surface area contributed by atoms with Gasteiger partial charge in [0.2, 0.25) is 0 Å². The molecule has 0 aromatic heterocycles. The molecule has 2 aliphatic rings. The second-order valence-electron chi connectivity index (χ2n) is 7.98. The Kier molecular flexibility index (Phi) is 7.67. The first-order valence-corrected chi connectivity index (χ1v) is 12.0. The summed E-state index contributed by atoms with van der Waals surface area (Å²) in [6.45, 7) is 3.60. The van der Waals surface area contributed by atoms with Crippen LogP contribution in [0.4, 0.5) is 0 Å². The maximum Gasteiger partial charge on any atom is 0.282 e. The highest BCUT2D eigenvalue weighted by atomic mass is 32.2. The van der Waals surface area contributed by atoms with Gasteiger partial charge >= 0.3 is 0 Å². The molecular weight excluding hydrogens is 390 g/mol. The number of amides is 1. The van der Waals surface area contributed by atoms with Gasteiger partial charge in [-0.15, -0.1) is 0 Å². The second-order valence-corrected chi connectivity index (χ2v) is 9.97. The molecule has 3 rings (SSSR count). The van der Waals surface area contributed by atoms with Crippen molar-refractivity contribution in [3.8, 4) is 0 Å². The monoisotopic (exact) mass is 423 g/mol. The van der Waals surface area contributed by atoms with Gasteiger partial charge in [0.15, 0.2) is 0 Å². The van der Waals surface area contributed by atoms with Crippen LogP contribution < -0.4 is 0 Å². The molecule has 1 aliphatic heterocycles. The Morgan fingerprint density at radius 1 is 1.10 bits per heavy atom. The number of ether oxygens (including phenoxy) is 1. The van der Waals surface area contributed by atoms with Crippen molar-refractivity contribution in [1.82, 2.24) is 13.5 Å². The van der Waals surface area contributed by atoms with Gasteiger partial charge in [-0.1, -0.05) is 49.6 Å². The smallest absolute Gasteiger partial charge is 0.282 e. The molecule has 2 fully saturated rings. The lowest BCUT2D eigenvalue weighted by atomic mass is 9.96. The van der Waals surface area contributed by atoms with Crippen LogP contribution in [0.3, 0.4) is 0 Å². The zero-order valence-corrected chi connectivity index (χ0v) is 18.3. The summed E-state index contributed by atoms with van der Waals surface area (Å²) < 4.78 is 34.7. The molecule has 0 radical (unpaired) electrons. The number of hydrogen-bond acceptors (Lipinski definition) is 4. The Labute approximate surface area is 174 Å². The third-order valence-electron chi connectivity index (χ3n) is 6.02. The summed E-state index contributed by atoms with van der Waals surface area (Å²) in [5, 5.41) is 0. The maximum absolute atomic E-state index is 13.0. The van der Waals surface area contributed by atoms with Gasteiger partial charge in [-0.3, -0.25) is 4.79 Å². The molecule has 1 heterocycles. The SMILES string of the molecule is C[C@H](OCc1ccccc1)C(=O)N1CCN(S(=O)(=O)N(C)C2CCCCC2)CC1. The molecule has 0 unspecified atom stereocenters. The minimum absolute atomic E-state index is 0.0846. The summed E-state index contributed by atoms with van der Waals surface area (Å²) in [5.41, 5.74) is 1.02. The Balaban J connectivity index is 1.49. The number of nitrogens with zero attached hydrogens (tertiary/aromatic N) is 3. The van der Waals surface area contributed by atoms with Crippen molar-refractivity contribution < 1.29 is 17.9 Å². The summed E-state index contributed by atoms with van der Waals surface area (Å²) in [6.07, 6.45) is 4.69. The van der Waals surface area contributed by atoms with Crippen molar-refractivity contribution >= 4 is 16.1 Å². The van der Waals surface area contributed by atoms with E-state index >= 15 is 0 Å². The molecule has 0 bridgehead atoms. The number of benzene rings is 1. The number of hydrogen-bond donors (Lipinski definition) is 0. The minimum atomic E-state index is -3.48. The van der Waals surface area contributed by atoms with Crippen molar-refractivity contribution in [2.24, 2.45) is 0 Å². The number of rotatable bonds is 7. The van der Waals surface area contributed by atoms with Crippen molar-refractivity contribution in [3.05, 3.63) is 35.9 Å². The van der Waals surface area contributed by atoms with Crippen molar-refractivity contribution in [2.75, 3.05) is 33.2 Å². The summed E-state index contributed by atoms with van der Waals surface area (Å²) in [4.78, 5) is 14.4. The first kappa shape index (κ1) is 22.2. The quantitative estimate of drug-likeness (QED) is 0.674. The van der Waals surface area contributed by atoms with Gasteiger partial charge in [-0.05, 0) is 25.3 Å². The van der Waals surface area contributed by atoms with Gasteiger partial charge in [0.1, 0.15) is 6.10 Å². The van der Waals surface area contributed by atoms with E-state index in [0.717, 1.165) is 31.2 Å². The van der Waals surface area contributed by atoms with Gasteiger partial charge in [0, 0.05) is 39.3 Å². The Bertz CT molecular complexity index is 757. The fourth-order valence-electron chi connectivity index (χ4n) is 4.08. The molecule has 1 aliphatic carbocycles. The van der Waals surface area contributed by atoms with E-state index in [2.05, 4.69) is 0 Å². The molecule has 162 valence electrons. The van der Waals surface area contributed by atoms with Crippen LogP contribution in [0, 0.1) is 0 Å². The molecular formula is C21H33N3O4S. The second kappa shape index (κ2) is 10.0. The molecule has 7 nitrogen and oxygen atoms in total. The molecule has 1 aromatic rings. The first-order chi connectivity index (χ1) is 13.9.